The van der Waals surface area contributed by atoms with E-state index in [2.05, 4.69) is 72.7 Å². The van der Waals surface area contributed by atoms with Crippen LogP contribution in [0.25, 0.3) is 0 Å². The molecule has 2 fully saturated rings. The maximum absolute atomic E-state index is 12.8. The van der Waals surface area contributed by atoms with E-state index in [0.717, 1.165) is 0 Å². The number of H-pyrrole nitrogens is 1. The quantitative estimate of drug-likeness (QED) is 0.440. The summed E-state index contributed by atoms with van der Waals surface area (Å²) in [6, 6.07) is 1.24. The van der Waals surface area contributed by atoms with Gasteiger partial charge in [-0.05, 0) is 36.3 Å². The lowest BCUT2D eigenvalue weighted by Crippen LogP contribution is -2.54. The number of carbonyl (C=O) groups is 1. The average molecular weight is 514 g/mol. The van der Waals surface area contributed by atoms with Crippen molar-refractivity contribution in [3.63, 3.8) is 0 Å². The first-order chi connectivity index (χ1) is 15.2. The monoisotopic (exact) mass is 513 g/mol. The van der Waals surface area contributed by atoms with E-state index in [9.17, 15) is 14.4 Å². The largest absolute Gasteiger partial charge is 0.406 e. The lowest BCUT2D eigenvalue weighted by Gasteiger charge is -2.41. The number of nitrogens with two attached hydrogens (primary N) is 1. The maximum atomic E-state index is 12.8. The van der Waals surface area contributed by atoms with Gasteiger partial charge in [-0.15, -0.1) is 0 Å². The number of nitrogens with zero attached hydrogens (tertiary/aromatic N) is 1. The summed E-state index contributed by atoms with van der Waals surface area (Å²) >= 11 is 0. The Hall–Kier alpha value is -1.58. The average Bonchev–Trinajstić information content (AvgIpc) is 3.33. The number of hydrogen-bond donors (Lipinski definition) is 2. The minimum absolute atomic E-state index is 0.155. The van der Waals surface area contributed by atoms with Crippen LogP contribution in [0.5, 0.6) is 0 Å². The fraction of sp³-hybridized carbons (Fsp3) is 0.773. The Morgan fingerprint density at radius 1 is 1.06 bits per heavy atom. The molecule has 3 rings (SSSR count). The first kappa shape index (κ1) is 27.0. The van der Waals surface area contributed by atoms with Crippen LogP contribution in [0.3, 0.4) is 0 Å². The Morgan fingerprint density at radius 3 is 2.03 bits per heavy atom. The van der Waals surface area contributed by atoms with Gasteiger partial charge < -0.3 is 24.1 Å². The van der Waals surface area contributed by atoms with Crippen molar-refractivity contribution < 1.29 is 23.1 Å². The smallest absolute Gasteiger partial charge is 0.330 e. The van der Waals surface area contributed by atoms with Gasteiger partial charge in [0.05, 0.1) is 0 Å². The van der Waals surface area contributed by atoms with Crippen molar-refractivity contribution in [3.05, 3.63) is 33.1 Å². The van der Waals surface area contributed by atoms with Crippen LogP contribution in [0.1, 0.15) is 47.8 Å². The highest BCUT2D eigenvalue weighted by atomic mass is 28.4. The molecule has 1 aromatic heterocycles. The molecular formula is C22H39N3O7Si2. The molecule has 34 heavy (non-hydrogen) atoms. The summed E-state index contributed by atoms with van der Waals surface area (Å²) in [6.07, 6.45) is -2.45. The minimum Gasteiger partial charge on any atom is -0.406 e. The van der Waals surface area contributed by atoms with Gasteiger partial charge in [-0.2, -0.15) is 0 Å². The molecule has 192 valence electrons. The van der Waals surface area contributed by atoms with Gasteiger partial charge in [0.25, 0.3) is 5.56 Å². The zero-order valence-electron chi connectivity index (χ0n) is 21.8. The second-order valence-electron chi connectivity index (χ2n) is 12.3. The van der Waals surface area contributed by atoms with Crippen LogP contribution in [0, 0.1) is 0 Å². The highest BCUT2D eigenvalue weighted by Gasteiger charge is 2.78. The van der Waals surface area contributed by atoms with E-state index in [1.807, 2.05) is 0 Å². The Balaban J connectivity index is 2.16. The van der Waals surface area contributed by atoms with Crippen molar-refractivity contribution in [1.29, 1.82) is 0 Å². The van der Waals surface area contributed by atoms with E-state index >= 15 is 0 Å². The summed E-state index contributed by atoms with van der Waals surface area (Å²) in [5, 5.41) is -0.332. The first-order valence-corrected chi connectivity index (χ1v) is 17.4. The summed E-state index contributed by atoms with van der Waals surface area (Å²) in [6.45, 7) is 20.8. The Labute approximate surface area is 202 Å². The highest BCUT2D eigenvalue weighted by molar-refractivity contribution is 6.74. The lowest BCUT2D eigenvalue weighted by molar-refractivity contribution is -0.126. The van der Waals surface area contributed by atoms with Crippen LogP contribution in [-0.2, 0) is 23.1 Å². The summed E-state index contributed by atoms with van der Waals surface area (Å²) in [4.78, 5) is 39.0. The van der Waals surface area contributed by atoms with Crippen molar-refractivity contribution in [1.82, 2.24) is 9.55 Å². The molecule has 0 aromatic carbocycles. The molecule has 0 unspecified atom stereocenters. The topological polar surface area (TPSA) is 138 Å². The summed E-state index contributed by atoms with van der Waals surface area (Å²) < 4.78 is 27.0. The molecule has 0 radical (unpaired) electrons. The molecule has 10 nitrogen and oxygen atoms in total. The van der Waals surface area contributed by atoms with Gasteiger partial charge >= 0.3 is 5.69 Å². The van der Waals surface area contributed by atoms with Crippen molar-refractivity contribution in [2.75, 3.05) is 0 Å². The molecule has 1 aromatic rings. The predicted octanol–water partition coefficient (Wildman–Crippen LogP) is 2.43. The zero-order valence-corrected chi connectivity index (χ0v) is 23.8. The number of amides is 1. The van der Waals surface area contributed by atoms with Crippen LogP contribution >= 0.6 is 0 Å². The molecule has 0 aliphatic carbocycles. The third-order valence-electron chi connectivity index (χ3n) is 7.83. The van der Waals surface area contributed by atoms with Crippen LogP contribution < -0.4 is 17.0 Å². The van der Waals surface area contributed by atoms with Crippen LogP contribution in [-0.4, -0.2) is 56.2 Å². The minimum atomic E-state index is -2.45. The maximum Gasteiger partial charge on any atom is 0.330 e. The van der Waals surface area contributed by atoms with E-state index in [1.54, 1.807) is 0 Å². The van der Waals surface area contributed by atoms with Crippen LogP contribution in [0.15, 0.2) is 21.9 Å². The number of aromatic amines is 1. The van der Waals surface area contributed by atoms with Crippen molar-refractivity contribution >= 4 is 22.5 Å². The number of hydrogen-bond acceptors (Lipinski definition) is 7. The highest BCUT2D eigenvalue weighted by Crippen LogP contribution is 2.57. The Kier molecular flexibility index (Phi) is 6.55. The molecule has 0 bridgehead atoms. The second-order valence-corrected chi connectivity index (χ2v) is 21.8. The van der Waals surface area contributed by atoms with E-state index in [-0.39, 0.29) is 10.1 Å². The SMILES string of the molecule is CC(C)(C)[Si](C)(C)O[C@H]1O[C@@H](n2ccc(=O)[nH]c2=O)[C@H](O[Si](C)(C)C(C)(C)C)[C@@]12O[C@H]2C(N)=O. The number of primary amides is 1. The van der Waals surface area contributed by atoms with E-state index in [4.69, 9.17) is 24.1 Å². The van der Waals surface area contributed by atoms with E-state index < -0.39 is 64.1 Å². The Morgan fingerprint density at radius 2 is 1.59 bits per heavy atom. The van der Waals surface area contributed by atoms with Gasteiger partial charge in [-0.25, -0.2) is 4.79 Å². The number of nitrogens with one attached hydrogen (secondary N) is 1. The van der Waals surface area contributed by atoms with Crippen molar-refractivity contribution in [2.24, 2.45) is 5.73 Å². The second kappa shape index (κ2) is 8.24. The molecular weight excluding hydrogens is 474 g/mol. The molecule has 3 heterocycles. The lowest BCUT2D eigenvalue weighted by atomic mass is 9.98. The van der Waals surface area contributed by atoms with Gasteiger partial charge in [0.2, 0.25) is 5.91 Å². The zero-order chi connectivity index (χ0) is 26.1. The molecule has 0 saturated carbocycles. The number of epoxide rings is 1. The van der Waals surface area contributed by atoms with Gasteiger partial charge in [0, 0.05) is 12.3 Å². The van der Waals surface area contributed by atoms with E-state index in [0.29, 0.717) is 0 Å². The number of ether oxygens (including phenoxy) is 2. The number of carbonyl (C=O) groups excluding carboxylic acids is 1. The molecule has 5 atom stereocenters. The first-order valence-electron chi connectivity index (χ1n) is 11.5. The normalized spacial score (nSPS) is 30.1. The molecule has 12 heteroatoms. The Bertz CT molecular complexity index is 1070. The number of rotatable bonds is 6. The van der Waals surface area contributed by atoms with E-state index in [1.165, 1.54) is 16.8 Å². The summed E-state index contributed by atoms with van der Waals surface area (Å²) in [5.41, 5.74) is 3.21. The fourth-order valence-electron chi connectivity index (χ4n) is 3.56. The molecule has 1 amide bonds. The van der Waals surface area contributed by atoms with Gasteiger partial charge in [0.15, 0.2) is 40.9 Å². The third kappa shape index (κ3) is 4.51. The molecule has 2 aliphatic heterocycles. The molecule has 1 spiro atoms. The van der Waals surface area contributed by atoms with Gasteiger partial charge in [0.1, 0.15) is 6.10 Å². The van der Waals surface area contributed by atoms with Crippen molar-refractivity contribution in [3.8, 4) is 0 Å². The molecule has 2 aliphatic rings. The molecule has 2 saturated heterocycles. The molecule has 3 N–H and O–H groups in total. The van der Waals surface area contributed by atoms with Crippen molar-refractivity contribution in [2.45, 2.75) is 108 Å². The van der Waals surface area contributed by atoms with Crippen LogP contribution in [0.2, 0.25) is 36.3 Å². The third-order valence-corrected chi connectivity index (χ3v) is 16.7. The van der Waals surface area contributed by atoms with Crippen LogP contribution in [0.4, 0.5) is 0 Å². The van der Waals surface area contributed by atoms with Gasteiger partial charge in [-0.1, -0.05) is 41.5 Å². The summed E-state index contributed by atoms with van der Waals surface area (Å²) in [7, 11) is -4.86. The number of aromatic nitrogens is 2. The van der Waals surface area contributed by atoms with Gasteiger partial charge in [-0.3, -0.25) is 19.1 Å². The fourth-order valence-corrected chi connectivity index (χ4v) is 5.97. The predicted molar refractivity (Wildman–Crippen MR) is 132 cm³/mol. The summed E-state index contributed by atoms with van der Waals surface area (Å²) in [5.74, 6) is -0.647. The standard InChI is InChI=1S/C22H39N3O7Si2/c1-20(2,3)33(7,8)31-15-17(25-12-11-13(26)24-19(25)28)29-18(22(15)14(30-22)16(23)27)32-34(9,10)21(4,5)6/h11-12,14-15,17-18H,1-10H3,(H2,23,27)(H,24,26,28)/t14-,15-,17+,18+,22+/m0/s1.